The first-order valence-electron chi connectivity index (χ1n) is 8.00. The maximum Gasteiger partial charge on any atom is 0.416 e. The van der Waals surface area contributed by atoms with Crippen molar-refractivity contribution in [3.63, 3.8) is 0 Å². The number of aryl methyl sites for hydroxylation is 1. The summed E-state index contributed by atoms with van der Waals surface area (Å²) >= 11 is 6.13. The van der Waals surface area contributed by atoms with E-state index in [9.17, 15) is 18.3 Å². The lowest BCUT2D eigenvalue weighted by Gasteiger charge is -2.32. The average molecular weight is 400 g/mol. The van der Waals surface area contributed by atoms with Gasteiger partial charge in [-0.1, -0.05) is 17.7 Å². The quantitative estimate of drug-likeness (QED) is 0.692. The molecule has 2 heterocycles. The van der Waals surface area contributed by atoms with E-state index in [0.29, 0.717) is 22.9 Å². The molecule has 0 amide bonds. The molecule has 144 valence electrons. The largest absolute Gasteiger partial charge is 0.416 e. The van der Waals surface area contributed by atoms with Crippen molar-refractivity contribution in [2.24, 2.45) is 0 Å². The lowest BCUT2D eigenvalue weighted by molar-refractivity contribution is -0.137. The minimum Gasteiger partial charge on any atom is -0.388 e. The second kappa shape index (κ2) is 6.65. The predicted octanol–water partition coefficient (Wildman–Crippen LogP) is 4.03. The monoisotopic (exact) mass is 399 g/mol. The topological polar surface area (TPSA) is 75.3 Å². The lowest BCUT2D eigenvalue weighted by Crippen LogP contribution is -2.35. The van der Waals surface area contributed by atoms with Crippen molar-refractivity contribution < 1.29 is 18.3 Å². The molecule has 0 saturated carbocycles. The molecule has 1 atom stereocenters. The number of benzene rings is 1. The first kappa shape index (κ1) is 19.4. The fourth-order valence-corrected chi connectivity index (χ4v) is 3.04. The number of nitrogens with one attached hydrogen (secondary N) is 1. The lowest BCUT2D eigenvalue weighted by atomic mass is 9.91. The summed E-state index contributed by atoms with van der Waals surface area (Å²) in [5, 5.41) is 17.7. The van der Waals surface area contributed by atoms with Gasteiger partial charge in [-0.05, 0) is 38.5 Å². The van der Waals surface area contributed by atoms with Crippen LogP contribution in [-0.2, 0) is 6.18 Å². The molecular formula is C17H17ClF3N5O. The molecule has 0 bridgehead atoms. The Balaban J connectivity index is 2.07. The molecule has 10 heteroatoms. The third-order valence-corrected chi connectivity index (χ3v) is 4.34. The minimum absolute atomic E-state index is 0.106. The van der Waals surface area contributed by atoms with Crippen molar-refractivity contribution in [1.82, 2.24) is 19.6 Å². The molecule has 2 N–H and O–H groups in total. The van der Waals surface area contributed by atoms with Crippen molar-refractivity contribution in [3.8, 4) is 0 Å². The van der Waals surface area contributed by atoms with Gasteiger partial charge in [0.25, 0.3) is 5.78 Å². The Morgan fingerprint density at radius 1 is 1.22 bits per heavy atom. The van der Waals surface area contributed by atoms with Crippen LogP contribution in [0.3, 0.4) is 0 Å². The van der Waals surface area contributed by atoms with Gasteiger partial charge in [-0.15, -0.1) is 0 Å². The molecule has 0 aliphatic carbocycles. The zero-order chi connectivity index (χ0) is 20.0. The Morgan fingerprint density at radius 2 is 1.93 bits per heavy atom. The van der Waals surface area contributed by atoms with Crippen LogP contribution < -0.4 is 5.32 Å². The molecule has 0 saturated heterocycles. The Hall–Kier alpha value is -2.39. The summed E-state index contributed by atoms with van der Waals surface area (Å²) in [7, 11) is 0. The normalized spacial score (nSPS) is 13.8. The zero-order valence-electron chi connectivity index (χ0n) is 14.7. The number of aliphatic hydroxyl groups is 1. The minimum atomic E-state index is -4.51. The number of fused-ring (bicyclic) bond motifs is 1. The second-order valence-corrected chi connectivity index (χ2v) is 7.13. The Bertz CT molecular complexity index is 981. The van der Waals surface area contributed by atoms with E-state index in [1.165, 1.54) is 30.8 Å². The first-order chi connectivity index (χ1) is 12.5. The Kier molecular flexibility index (Phi) is 4.77. The number of hydrogen-bond donors (Lipinski definition) is 2. The predicted molar refractivity (Wildman–Crippen MR) is 94.6 cm³/mol. The van der Waals surface area contributed by atoms with Crippen molar-refractivity contribution in [1.29, 1.82) is 0 Å². The number of rotatable bonds is 4. The van der Waals surface area contributed by atoms with Gasteiger partial charge in [0.15, 0.2) is 0 Å². The zero-order valence-corrected chi connectivity index (χ0v) is 15.5. The van der Waals surface area contributed by atoms with Gasteiger partial charge in [-0.3, -0.25) is 0 Å². The third-order valence-electron chi connectivity index (χ3n) is 4.02. The summed E-state index contributed by atoms with van der Waals surface area (Å²) in [4.78, 5) is 8.26. The van der Waals surface area contributed by atoms with E-state index < -0.39 is 23.4 Å². The van der Waals surface area contributed by atoms with Crippen LogP contribution in [0.4, 0.5) is 19.0 Å². The van der Waals surface area contributed by atoms with Gasteiger partial charge >= 0.3 is 6.18 Å². The summed E-state index contributed by atoms with van der Waals surface area (Å²) in [5.41, 5.74) is -1.23. The Labute approximate surface area is 158 Å². The standard InChI is InChI=1S/C17H17ClF3N5O/c1-9-6-13(26-15(24-9)22-8-23-26)25-14(16(2,3)27)11-5-4-10(7-12(11)18)17(19,20)21/h4-8,14,25,27H,1-3H3. The van der Waals surface area contributed by atoms with Crippen LogP contribution in [0.5, 0.6) is 0 Å². The molecule has 2 aromatic heterocycles. The maximum atomic E-state index is 12.9. The van der Waals surface area contributed by atoms with Crippen molar-refractivity contribution >= 4 is 23.2 Å². The first-order valence-corrected chi connectivity index (χ1v) is 8.37. The number of anilines is 1. The molecule has 3 rings (SSSR count). The van der Waals surface area contributed by atoms with Crippen molar-refractivity contribution in [3.05, 3.63) is 52.4 Å². The van der Waals surface area contributed by atoms with E-state index in [1.807, 2.05) is 0 Å². The second-order valence-electron chi connectivity index (χ2n) is 6.72. The highest BCUT2D eigenvalue weighted by atomic mass is 35.5. The maximum absolute atomic E-state index is 12.9. The fourth-order valence-electron chi connectivity index (χ4n) is 2.75. The van der Waals surface area contributed by atoms with E-state index >= 15 is 0 Å². The van der Waals surface area contributed by atoms with Crippen LogP contribution in [0.25, 0.3) is 5.78 Å². The highest BCUT2D eigenvalue weighted by Gasteiger charge is 2.34. The van der Waals surface area contributed by atoms with E-state index in [1.54, 1.807) is 13.0 Å². The summed E-state index contributed by atoms with van der Waals surface area (Å²) in [5.74, 6) is 0.823. The molecular weight excluding hydrogens is 383 g/mol. The van der Waals surface area contributed by atoms with Gasteiger partial charge in [-0.2, -0.15) is 27.8 Å². The molecule has 0 aliphatic heterocycles. The van der Waals surface area contributed by atoms with E-state index in [2.05, 4.69) is 20.4 Å². The molecule has 1 aromatic carbocycles. The highest BCUT2D eigenvalue weighted by molar-refractivity contribution is 6.31. The smallest absolute Gasteiger partial charge is 0.388 e. The molecule has 1 unspecified atom stereocenters. The molecule has 0 aliphatic rings. The summed E-state index contributed by atoms with van der Waals surface area (Å²) in [6.07, 6.45) is -3.17. The van der Waals surface area contributed by atoms with Gasteiger partial charge in [0.1, 0.15) is 12.1 Å². The number of halogens is 4. The highest BCUT2D eigenvalue weighted by Crippen LogP contribution is 2.38. The molecule has 6 nitrogen and oxygen atoms in total. The molecule has 0 fully saturated rings. The number of alkyl halides is 3. The van der Waals surface area contributed by atoms with Gasteiger partial charge in [-0.25, -0.2) is 4.98 Å². The van der Waals surface area contributed by atoms with E-state index in [4.69, 9.17) is 11.6 Å². The third kappa shape index (κ3) is 3.98. The van der Waals surface area contributed by atoms with Gasteiger partial charge in [0.2, 0.25) is 0 Å². The van der Waals surface area contributed by atoms with Crippen LogP contribution in [-0.4, -0.2) is 30.3 Å². The van der Waals surface area contributed by atoms with Crippen molar-refractivity contribution in [2.45, 2.75) is 38.6 Å². The molecule has 27 heavy (non-hydrogen) atoms. The van der Waals surface area contributed by atoms with Crippen LogP contribution in [0, 0.1) is 6.92 Å². The molecule has 3 aromatic rings. The summed E-state index contributed by atoms with van der Waals surface area (Å²) in [6.45, 7) is 4.83. The van der Waals surface area contributed by atoms with Gasteiger partial charge in [0.05, 0.1) is 17.2 Å². The SMILES string of the molecule is Cc1cc(NC(c2ccc(C(F)(F)F)cc2Cl)C(C)(C)O)n2ncnc2n1. The Morgan fingerprint density at radius 3 is 2.52 bits per heavy atom. The summed E-state index contributed by atoms with van der Waals surface area (Å²) < 4.78 is 40.2. The molecule has 0 radical (unpaired) electrons. The van der Waals surface area contributed by atoms with Crippen LogP contribution in [0.1, 0.15) is 36.7 Å². The fraction of sp³-hybridized carbons (Fsp3) is 0.353. The summed E-state index contributed by atoms with van der Waals surface area (Å²) in [6, 6.07) is 3.91. The van der Waals surface area contributed by atoms with Crippen molar-refractivity contribution in [2.75, 3.05) is 5.32 Å². The van der Waals surface area contributed by atoms with E-state index in [0.717, 1.165) is 12.1 Å². The van der Waals surface area contributed by atoms with E-state index in [-0.39, 0.29) is 5.02 Å². The average Bonchev–Trinajstić information content (AvgIpc) is 2.99. The van der Waals surface area contributed by atoms with Crippen LogP contribution in [0.15, 0.2) is 30.6 Å². The number of hydrogen-bond acceptors (Lipinski definition) is 5. The van der Waals surface area contributed by atoms with Gasteiger partial charge in [0, 0.05) is 16.8 Å². The van der Waals surface area contributed by atoms with Gasteiger partial charge < -0.3 is 10.4 Å². The number of nitrogens with zero attached hydrogens (tertiary/aromatic N) is 4. The number of aromatic nitrogens is 4. The molecule has 0 spiro atoms. The van der Waals surface area contributed by atoms with Crippen LogP contribution in [0.2, 0.25) is 5.02 Å². The van der Waals surface area contributed by atoms with Crippen LogP contribution >= 0.6 is 11.6 Å².